The van der Waals surface area contributed by atoms with E-state index in [0.29, 0.717) is 5.56 Å². The van der Waals surface area contributed by atoms with Crippen LogP contribution in [0, 0.1) is 6.92 Å². The van der Waals surface area contributed by atoms with E-state index >= 15 is 0 Å². The standard InChI is InChI=1S/C12H14F3NO2/c1-6(2)18-11(17)9-8(12(13,14)15)5-4-7(3)10(9)16/h4-6H,16H2,1-3H3. The molecule has 3 nitrogen and oxygen atoms in total. The first kappa shape index (κ1) is 14.3. The van der Waals surface area contributed by atoms with Gasteiger partial charge in [0.25, 0.3) is 0 Å². The summed E-state index contributed by atoms with van der Waals surface area (Å²) in [7, 11) is 0. The Kier molecular flexibility index (Phi) is 3.88. The number of hydrogen-bond donors (Lipinski definition) is 1. The van der Waals surface area contributed by atoms with E-state index in [4.69, 9.17) is 10.5 Å². The number of halogens is 3. The molecule has 1 aromatic carbocycles. The monoisotopic (exact) mass is 261 g/mol. The average Bonchev–Trinajstić information content (AvgIpc) is 2.18. The van der Waals surface area contributed by atoms with Crippen molar-refractivity contribution in [1.29, 1.82) is 0 Å². The van der Waals surface area contributed by atoms with Crippen LogP contribution in [0.4, 0.5) is 18.9 Å². The fourth-order valence-electron chi connectivity index (χ4n) is 1.45. The second-order valence-corrected chi connectivity index (χ2v) is 4.17. The number of nitrogen functional groups attached to an aromatic ring is 1. The van der Waals surface area contributed by atoms with E-state index in [1.165, 1.54) is 13.0 Å². The molecule has 0 aliphatic rings. The number of carbonyl (C=O) groups excluding carboxylic acids is 1. The topological polar surface area (TPSA) is 52.3 Å². The Balaban J connectivity index is 3.39. The minimum absolute atomic E-state index is 0.199. The van der Waals surface area contributed by atoms with Crippen LogP contribution in [0.2, 0.25) is 0 Å². The Labute approximate surface area is 103 Å². The lowest BCUT2D eigenvalue weighted by atomic mass is 10.0. The molecule has 18 heavy (non-hydrogen) atoms. The highest BCUT2D eigenvalue weighted by molar-refractivity contribution is 5.97. The number of carbonyl (C=O) groups is 1. The molecule has 0 bridgehead atoms. The van der Waals surface area contributed by atoms with Gasteiger partial charge in [0.2, 0.25) is 0 Å². The first-order valence-corrected chi connectivity index (χ1v) is 5.31. The van der Waals surface area contributed by atoms with Gasteiger partial charge in [-0.05, 0) is 32.4 Å². The van der Waals surface area contributed by atoms with Gasteiger partial charge in [-0.1, -0.05) is 6.07 Å². The van der Waals surface area contributed by atoms with Crippen molar-refractivity contribution in [3.05, 3.63) is 28.8 Å². The zero-order valence-corrected chi connectivity index (χ0v) is 10.3. The Morgan fingerprint density at radius 2 is 1.89 bits per heavy atom. The Bertz CT molecular complexity index is 467. The lowest BCUT2D eigenvalue weighted by Gasteiger charge is -2.17. The zero-order chi connectivity index (χ0) is 14.1. The summed E-state index contributed by atoms with van der Waals surface area (Å²) in [4.78, 5) is 11.7. The highest BCUT2D eigenvalue weighted by Crippen LogP contribution is 2.36. The number of ether oxygens (including phenoxy) is 1. The summed E-state index contributed by atoms with van der Waals surface area (Å²) < 4.78 is 43.2. The first-order chi connectivity index (χ1) is 8.14. The third-order valence-electron chi connectivity index (χ3n) is 2.32. The lowest BCUT2D eigenvalue weighted by molar-refractivity contribution is -0.138. The predicted molar refractivity (Wildman–Crippen MR) is 61.1 cm³/mol. The maximum atomic E-state index is 12.8. The molecule has 0 amide bonds. The fourth-order valence-corrected chi connectivity index (χ4v) is 1.45. The Morgan fingerprint density at radius 3 is 2.33 bits per heavy atom. The van der Waals surface area contributed by atoms with E-state index in [1.54, 1.807) is 13.8 Å². The van der Waals surface area contributed by atoms with Crippen molar-refractivity contribution in [3.8, 4) is 0 Å². The Morgan fingerprint density at radius 1 is 1.33 bits per heavy atom. The summed E-state index contributed by atoms with van der Waals surface area (Å²) in [5.74, 6) is -1.06. The third-order valence-corrected chi connectivity index (χ3v) is 2.32. The predicted octanol–water partition coefficient (Wildman–Crippen LogP) is 3.16. The lowest BCUT2D eigenvalue weighted by Crippen LogP contribution is -2.20. The number of esters is 1. The molecular formula is C12H14F3NO2. The van der Waals surface area contributed by atoms with Crippen molar-refractivity contribution < 1.29 is 22.7 Å². The first-order valence-electron chi connectivity index (χ1n) is 5.31. The third kappa shape index (κ3) is 2.94. The van der Waals surface area contributed by atoms with Crippen LogP contribution in [0.1, 0.15) is 35.3 Å². The molecule has 0 saturated heterocycles. The largest absolute Gasteiger partial charge is 0.459 e. The molecule has 0 saturated carbocycles. The summed E-state index contributed by atoms with van der Waals surface area (Å²) in [6.07, 6.45) is -5.16. The highest BCUT2D eigenvalue weighted by Gasteiger charge is 2.37. The van der Waals surface area contributed by atoms with E-state index in [2.05, 4.69) is 0 Å². The summed E-state index contributed by atoms with van der Waals surface area (Å²) in [6, 6.07) is 2.06. The van der Waals surface area contributed by atoms with Crippen LogP contribution >= 0.6 is 0 Å². The molecule has 6 heteroatoms. The molecule has 0 fully saturated rings. The number of benzene rings is 1. The molecule has 0 unspecified atom stereocenters. The molecule has 1 rings (SSSR count). The second kappa shape index (κ2) is 4.88. The molecule has 100 valence electrons. The van der Waals surface area contributed by atoms with Crippen LogP contribution in [0.25, 0.3) is 0 Å². The molecule has 0 aromatic heterocycles. The van der Waals surface area contributed by atoms with Gasteiger partial charge in [-0.25, -0.2) is 4.79 Å². The summed E-state index contributed by atoms with van der Waals surface area (Å²) in [5.41, 5.74) is 4.07. The Hall–Kier alpha value is -1.72. The fraction of sp³-hybridized carbons (Fsp3) is 0.417. The van der Waals surface area contributed by atoms with Gasteiger partial charge in [0.05, 0.1) is 17.2 Å². The molecule has 0 spiro atoms. The van der Waals surface area contributed by atoms with Gasteiger partial charge in [-0.3, -0.25) is 0 Å². The number of rotatable bonds is 2. The van der Waals surface area contributed by atoms with E-state index in [9.17, 15) is 18.0 Å². The van der Waals surface area contributed by atoms with Crippen molar-refractivity contribution in [2.45, 2.75) is 33.1 Å². The quantitative estimate of drug-likeness (QED) is 0.657. The number of aryl methyl sites for hydroxylation is 1. The van der Waals surface area contributed by atoms with Crippen molar-refractivity contribution in [3.63, 3.8) is 0 Å². The minimum Gasteiger partial charge on any atom is -0.459 e. The molecule has 0 heterocycles. The minimum atomic E-state index is -4.65. The van der Waals surface area contributed by atoms with E-state index in [0.717, 1.165) is 6.07 Å². The van der Waals surface area contributed by atoms with Gasteiger partial charge < -0.3 is 10.5 Å². The molecule has 0 aliphatic carbocycles. The second-order valence-electron chi connectivity index (χ2n) is 4.17. The molecular weight excluding hydrogens is 247 g/mol. The van der Waals surface area contributed by atoms with Crippen molar-refractivity contribution in [2.75, 3.05) is 5.73 Å². The maximum Gasteiger partial charge on any atom is 0.417 e. The van der Waals surface area contributed by atoms with E-state index in [1.807, 2.05) is 0 Å². The van der Waals surface area contributed by atoms with Gasteiger partial charge in [-0.15, -0.1) is 0 Å². The van der Waals surface area contributed by atoms with Crippen LogP contribution in [-0.4, -0.2) is 12.1 Å². The summed E-state index contributed by atoms with van der Waals surface area (Å²) in [6.45, 7) is 4.63. The van der Waals surface area contributed by atoms with Crippen molar-refractivity contribution in [1.82, 2.24) is 0 Å². The van der Waals surface area contributed by atoms with Gasteiger partial charge in [0.1, 0.15) is 0 Å². The van der Waals surface area contributed by atoms with Crippen LogP contribution in [0.3, 0.4) is 0 Å². The maximum absolute atomic E-state index is 12.8. The number of nitrogens with two attached hydrogens (primary N) is 1. The number of hydrogen-bond acceptors (Lipinski definition) is 3. The van der Waals surface area contributed by atoms with Crippen LogP contribution < -0.4 is 5.73 Å². The van der Waals surface area contributed by atoms with Crippen LogP contribution in [0.5, 0.6) is 0 Å². The number of anilines is 1. The van der Waals surface area contributed by atoms with Gasteiger partial charge in [-0.2, -0.15) is 13.2 Å². The van der Waals surface area contributed by atoms with Gasteiger partial charge >= 0.3 is 12.1 Å². The van der Waals surface area contributed by atoms with Gasteiger partial charge in [0, 0.05) is 5.69 Å². The SMILES string of the molecule is Cc1ccc(C(F)(F)F)c(C(=O)OC(C)C)c1N. The number of alkyl halides is 3. The summed E-state index contributed by atoms with van der Waals surface area (Å²) >= 11 is 0. The average molecular weight is 261 g/mol. The van der Waals surface area contributed by atoms with Crippen molar-refractivity contribution >= 4 is 11.7 Å². The molecule has 0 atom stereocenters. The molecule has 1 aromatic rings. The molecule has 2 N–H and O–H groups in total. The highest BCUT2D eigenvalue weighted by atomic mass is 19.4. The van der Waals surface area contributed by atoms with Gasteiger partial charge in [0.15, 0.2) is 0 Å². The molecule has 0 aliphatic heterocycles. The van der Waals surface area contributed by atoms with Crippen LogP contribution in [0.15, 0.2) is 12.1 Å². The summed E-state index contributed by atoms with van der Waals surface area (Å²) in [5, 5.41) is 0. The van der Waals surface area contributed by atoms with E-state index in [-0.39, 0.29) is 5.69 Å². The molecule has 0 radical (unpaired) electrons. The van der Waals surface area contributed by atoms with Crippen LogP contribution in [-0.2, 0) is 10.9 Å². The van der Waals surface area contributed by atoms with Crippen molar-refractivity contribution in [2.24, 2.45) is 0 Å². The zero-order valence-electron chi connectivity index (χ0n) is 10.3. The normalized spacial score (nSPS) is 11.7. The van der Waals surface area contributed by atoms with E-state index < -0.39 is 29.4 Å². The smallest absolute Gasteiger partial charge is 0.417 e.